The molecule has 0 aromatic rings. The predicted molar refractivity (Wildman–Crippen MR) is 61.8 cm³/mol. The lowest BCUT2D eigenvalue weighted by molar-refractivity contribution is -0.0817. The molecule has 0 saturated carbocycles. The summed E-state index contributed by atoms with van der Waals surface area (Å²) in [6.07, 6.45) is -3.95. The highest BCUT2D eigenvalue weighted by molar-refractivity contribution is 8.20. The molecule has 5 nitrogen and oxygen atoms in total. The van der Waals surface area contributed by atoms with Crippen molar-refractivity contribution in [2.75, 3.05) is 18.1 Å². The lowest BCUT2D eigenvalue weighted by Crippen LogP contribution is -2.52. The van der Waals surface area contributed by atoms with Gasteiger partial charge in [0.1, 0.15) is 12.2 Å². The van der Waals surface area contributed by atoms with Gasteiger partial charge in [-0.05, 0) is 0 Å². The van der Waals surface area contributed by atoms with Crippen LogP contribution < -0.4 is 5.73 Å². The van der Waals surface area contributed by atoms with Crippen molar-refractivity contribution in [1.82, 2.24) is 0 Å². The van der Waals surface area contributed by atoms with Gasteiger partial charge in [0.2, 0.25) is 0 Å². The van der Waals surface area contributed by atoms with Crippen LogP contribution in [0.1, 0.15) is 0 Å². The first kappa shape index (κ1) is 13.6. The zero-order chi connectivity index (χ0) is 11.4. The molecule has 1 heterocycles. The van der Waals surface area contributed by atoms with Crippen molar-refractivity contribution < 1.29 is 20.4 Å². The van der Waals surface area contributed by atoms with Crippen molar-refractivity contribution in [2.45, 2.75) is 28.9 Å². The van der Waals surface area contributed by atoms with Crippen LogP contribution >= 0.6 is 23.5 Å². The molecule has 0 amide bonds. The van der Waals surface area contributed by atoms with Crippen molar-refractivity contribution in [2.24, 2.45) is 5.73 Å². The van der Waals surface area contributed by atoms with E-state index < -0.39 is 31.0 Å². The van der Waals surface area contributed by atoms with Crippen LogP contribution in [0.3, 0.4) is 0 Å². The third-order valence-corrected chi connectivity index (χ3v) is 5.53. The Morgan fingerprint density at radius 2 is 1.67 bits per heavy atom. The van der Waals surface area contributed by atoms with Crippen LogP contribution in [0.2, 0.25) is 0 Å². The highest BCUT2D eigenvalue weighted by atomic mass is 32.2. The second-order valence-corrected chi connectivity index (χ2v) is 6.22. The summed E-state index contributed by atoms with van der Waals surface area (Å²) in [5.41, 5.74) is 5.77. The minimum Gasteiger partial charge on any atom is -0.394 e. The van der Waals surface area contributed by atoms with Gasteiger partial charge in [-0.15, -0.1) is 23.5 Å². The van der Waals surface area contributed by atoms with E-state index in [0.717, 1.165) is 11.5 Å². The molecule has 0 aliphatic carbocycles. The molecule has 6 N–H and O–H groups in total. The summed E-state index contributed by atoms with van der Waals surface area (Å²) in [5.74, 6) is 1.96. The molecule has 0 radical (unpaired) electrons. The van der Waals surface area contributed by atoms with Gasteiger partial charge in [-0.2, -0.15) is 0 Å². The highest BCUT2D eigenvalue weighted by Crippen LogP contribution is 2.35. The van der Waals surface area contributed by atoms with E-state index in [4.69, 9.17) is 15.9 Å². The minimum absolute atomic E-state index is 0.0422. The molecule has 0 spiro atoms. The average molecular weight is 255 g/mol. The molecule has 90 valence electrons. The van der Waals surface area contributed by atoms with E-state index in [9.17, 15) is 10.2 Å². The number of hydrogen-bond donors (Lipinski definition) is 5. The van der Waals surface area contributed by atoms with Gasteiger partial charge in [0.15, 0.2) is 0 Å². The Kier molecular flexibility index (Phi) is 5.69. The molecule has 1 rings (SSSR count). The highest BCUT2D eigenvalue weighted by Gasteiger charge is 2.35. The van der Waals surface area contributed by atoms with E-state index in [-0.39, 0.29) is 4.58 Å². The third-order valence-electron chi connectivity index (χ3n) is 2.29. The summed E-state index contributed by atoms with van der Waals surface area (Å²) in [4.78, 5) is 0. The van der Waals surface area contributed by atoms with Gasteiger partial charge < -0.3 is 26.2 Å². The molecule has 0 aromatic heterocycles. The molecule has 0 aromatic carbocycles. The number of nitrogens with two attached hydrogens (primary N) is 1. The largest absolute Gasteiger partial charge is 0.394 e. The Hall–Kier alpha value is 0.500. The van der Waals surface area contributed by atoms with E-state index >= 15 is 0 Å². The first-order valence-electron chi connectivity index (χ1n) is 4.71. The van der Waals surface area contributed by atoms with Crippen LogP contribution in [0, 0.1) is 0 Å². The monoisotopic (exact) mass is 255 g/mol. The first-order valence-corrected chi connectivity index (χ1v) is 6.81. The molecule has 1 aliphatic heterocycles. The summed E-state index contributed by atoms with van der Waals surface area (Å²) < 4.78 is 0.0422. The van der Waals surface area contributed by atoms with Gasteiger partial charge in [-0.1, -0.05) is 0 Å². The van der Waals surface area contributed by atoms with Crippen molar-refractivity contribution in [1.29, 1.82) is 0 Å². The summed E-state index contributed by atoms with van der Waals surface area (Å²) >= 11 is 3.28. The van der Waals surface area contributed by atoms with Crippen LogP contribution in [-0.4, -0.2) is 67.5 Å². The summed E-state index contributed by atoms with van der Waals surface area (Å²) in [6, 6.07) is -0.598. The zero-order valence-electron chi connectivity index (χ0n) is 8.19. The SMILES string of the molecule is N[C@H](C1SCCS1)[C@@H](O)[C@H](O)[C@H](O)CO. The van der Waals surface area contributed by atoms with E-state index in [1.54, 1.807) is 23.5 Å². The second kappa shape index (κ2) is 6.29. The maximum absolute atomic E-state index is 9.68. The third kappa shape index (κ3) is 3.48. The molecule has 1 aliphatic rings. The number of aliphatic hydroxyl groups is 4. The fourth-order valence-electron chi connectivity index (χ4n) is 1.32. The fourth-order valence-corrected chi connectivity index (χ4v) is 4.29. The predicted octanol–water partition coefficient (Wildman–Crippen LogP) is -1.81. The van der Waals surface area contributed by atoms with Crippen LogP contribution in [-0.2, 0) is 0 Å². The number of thioether (sulfide) groups is 2. The van der Waals surface area contributed by atoms with Crippen molar-refractivity contribution in [3.63, 3.8) is 0 Å². The first-order chi connectivity index (χ1) is 7.07. The zero-order valence-corrected chi connectivity index (χ0v) is 9.82. The van der Waals surface area contributed by atoms with Gasteiger partial charge in [-0.3, -0.25) is 0 Å². The van der Waals surface area contributed by atoms with E-state index in [1.165, 1.54) is 0 Å². The Morgan fingerprint density at radius 3 is 2.13 bits per heavy atom. The van der Waals surface area contributed by atoms with Crippen LogP contribution in [0.4, 0.5) is 0 Å². The van der Waals surface area contributed by atoms with Crippen LogP contribution in [0.25, 0.3) is 0 Å². The lowest BCUT2D eigenvalue weighted by atomic mass is 10.0. The van der Waals surface area contributed by atoms with Crippen molar-refractivity contribution in [3.8, 4) is 0 Å². The molecular formula is C8H17NO4S2. The number of hydrogen-bond acceptors (Lipinski definition) is 7. The molecule has 1 saturated heterocycles. The minimum atomic E-state index is -1.40. The Bertz CT molecular complexity index is 191. The maximum Gasteiger partial charge on any atom is 0.110 e. The fraction of sp³-hybridized carbons (Fsp3) is 1.00. The van der Waals surface area contributed by atoms with Gasteiger partial charge in [0.25, 0.3) is 0 Å². The standard InChI is InChI=1S/C8H17NO4S2/c9-5(8-14-1-2-15-8)7(13)6(12)4(11)3-10/h4-8,10-13H,1-3,9H2/t4-,5+,6-,7-/m1/s1. The molecule has 0 unspecified atom stereocenters. The smallest absolute Gasteiger partial charge is 0.110 e. The summed E-state index contributed by atoms with van der Waals surface area (Å²) in [6.45, 7) is -0.587. The Morgan fingerprint density at radius 1 is 1.13 bits per heavy atom. The van der Waals surface area contributed by atoms with E-state index in [2.05, 4.69) is 0 Å². The average Bonchev–Trinajstić information content (AvgIpc) is 2.78. The molecule has 0 bridgehead atoms. The Balaban J connectivity index is 2.46. The van der Waals surface area contributed by atoms with Crippen LogP contribution in [0.15, 0.2) is 0 Å². The molecule has 15 heavy (non-hydrogen) atoms. The second-order valence-electron chi connectivity index (χ2n) is 3.42. The summed E-state index contributed by atoms with van der Waals surface area (Å²) in [7, 11) is 0. The van der Waals surface area contributed by atoms with E-state index in [1.807, 2.05) is 0 Å². The van der Waals surface area contributed by atoms with E-state index in [0.29, 0.717) is 0 Å². The maximum atomic E-state index is 9.68. The van der Waals surface area contributed by atoms with Gasteiger partial charge >= 0.3 is 0 Å². The van der Waals surface area contributed by atoms with Gasteiger partial charge in [0.05, 0.1) is 23.3 Å². The quantitative estimate of drug-likeness (QED) is 0.394. The molecule has 4 atom stereocenters. The molecule has 1 fully saturated rings. The Labute approximate surface area is 97.1 Å². The number of rotatable bonds is 5. The number of aliphatic hydroxyl groups excluding tert-OH is 4. The van der Waals surface area contributed by atoms with Crippen LogP contribution in [0.5, 0.6) is 0 Å². The molecule has 7 heteroatoms. The van der Waals surface area contributed by atoms with Crippen molar-refractivity contribution in [3.05, 3.63) is 0 Å². The summed E-state index contributed by atoms with van der Waals surface area (Å²) in [5, 5.41) is 36.9. The molecular weight excluding hydrogens is 238 g/mol. The lowest BCUT2D eigenvalue weighted by Gasteiger charge is -2.29. The normalized spacial score (nSPS) is 26.2. The van der Waals surface area contributed by atoms with Crippen molar-refractivity contribution >= 4 is 23.5 Å². The van der Waals surface area contributed by atoms with Gasteiger partial charge in [-0.25, -0.2) is 0 Å². The van der Waals surface area contributed by atoms with Gasteiger partial charge in [0, 0.05) is 11.5 Å². The topological polar surface area (TPSA) is 107 Å².